The zero-order valence-corrected chi connectivity index (χ0v) is 10.7. The highest BCUT2D eigenvalue weighted by Gasteiger charge is 2.33. The van der Waals surface area contributed by atoms with Gasteiger partial charge in [0.2, 0.25) is 0 Å². The quantitative estimate of drug-likeness (QED) is 0.881. The van der Waals surface area contributed by atoms with Gasteiger partial charge in [-0.1, -0.05) is 18.2 Å². The summed E-state index contributed by atoms with van der Waals surface area (Å²) < 4.78 is 12.5. The molecule has 98 valence electrons. The molecule has 18 heavy (non-hydrogen) atoms. The number of nitrogens with one attached hydrogen (secondary N) is 1. The molecule has 0 saturated heterocycles. The third-order valence-corrected chi connectivity index (χ3v) is 4.06. The summed E-state index contributed by atoms with van der Waals surface area (Å²) in [7, 11) is 0. The molecule has 1 atom stereocenters. The zero-order chi connectivity index (χ0) is 12.4. The largest absolute Gasteiger partial charge is 0.370 e. The lowest BCUT2D eigenvalue weighted by molar-refractivity contribution is 0.446. The van der Waals surface area contributed by atoms with E-state index in [0.29, 0.717) is 12.5 Å². The average molecular weight is 248 g/mol. The maximum atomic E-state index is 12.5. The summed E-state index contributed by atoms with van der Waals surface area (Å²) >= 11 is 0. The third kappa shape index (κ3) is 2.51. The highest BCUT2D eigenvalue weighted by Crippen LogP contribution is 2.35. The summed E-state index contributed by atoms with van der Waals surface area (Å²) in [5, 5.41) is 3.67. The predicted octanol–water partition coefficient (Wildman–Crippen LogP) is 2.73. The van der Waals surface area contributed by atoms with Gasteiger partial charge in [0, 0.05) is 31.4 Å². The van der Waals surface area contributed by atoms with Crippen LogP contribution in [0.1, 0.15) is 24.8 Å². The van der Waals surface area contributed by atoms with Gasteiger partial charge >= 0.3 is 0 Å². The van der Waals surface area contributed by atoms with E-state index in [0.717, 1.165) is 25.6 Å². The molecule has 0 spiro atoms. The molecule has 1 aliphatic heterocycles. The zero-order valence-electron chi connectivity index (χ0n) is 10.7. The summed E-state index contributed by atoms with van der Waals surface area (Å²) in [5.74, 6) is 0.840. The first-order chi connectivity index (χ1) is 8.88. The van der Waals surface area contributed by atoms with E-state index in [9.17, 15) is 4.39 Å². The molecular weight excluding hydrogens is 227 g/mol. The van der Waals surface area contributed by atoms with Crippen LogP contribution < -0.4 is 10.2 Å². The first-order valence-electron chi connectivity index (χ1n) is 7.00. The number of hydrogen-bond acceptors (Lipinski definition) is 2. The molecule has 1 N–H and O–H groups in total. The van der Waals surface area contributed by atoms with Crippen molar-refractivity contribution in [2.24, 2.45) is 5.92 Å². The van der Waals surface area contributed by atoms with Gasteiger partial charge in [0.15, 0.2) is 0 Å². The van der Waals surface area contributed by atoms with Crippen LogP contribution in [0.5, 0.6) is 0 Å². The first kappa shape index (κ1) is 12.0. The van der Waals surface area contributed by atoms with E-state index >= 15 is 0 Å². The molecule has 2 aliphatic rings. The van der Waals surface area contributed by atoms with Gasteiger partial charge in [-0.05, 0) is 36.8 Å². The number of fused-ring (bicyclic) bond motifs is 1. The van der Waals surface area contributed by atoms with Crippen molar-refractivity contribution in [3.8, 4) is 0 Å². The molecule has 0 aromatic heterocycles. The van der Waals surface area contributed by atoms with E-state index < -0.39 is 0 Å². The highest BCUT2D eigenvalue weighted by molar-refractivity contribution is 5.54. The minimum Gasteiger partial charge on any atom is -0.370 e. The molecule has 1 aromatic rings. The predicted molar refractivity (Wildman–Crippen MR) is 72.6 cm³/mol. The maximum Gasteiger partial charge on any atom is 0.0911 e. The third-order valence-electron chi connectivity index (χ3n) is 4.06. The van der Waals surface area contributed by atoms with Crippen molar-refractivity contribution in [2.75, 3.05) is 24.7 Å². The Balaban J connectivity index is 1.81. The number of para-hydroxylation sites is 1. The molecule has 0 amide bonds. The summed E-state index contributed by atoms with van der Waals surface area (Å²) in [4.78, 5) is 2.37. The number of alkyl halides is 1. The van der Waals surface area contributed by atoms with Gasteiger partial charge in [-0.3, -0.25) is 4.39 Å². The second-order valence-electron chi connectivity index (χ2n) is 5.44. The van der Waals surface area contributed by atoms with Crippen molar-refractivity contribution in [3.05, 3.63) is 29.8 Å². The van der Waals surface area contributed by atoms with Crippen LogP contribution in [0.3, 0.4) is 0 Å². The van der Waals surface area contributed by atoms with E-state index in [1.807, 2.05) is 0 Å². The van der Waals surface area contributed by atoms with Crippen LogP contribution >= 0.6 is 0 Å². The monoisotopic (exact) mass is 248 g/mol. The molecule has 3 heteroatoms. The highest BCUT2D eigenvalue weighted by atomic mass is 19.1. The summed E-state index contributed by atoms with van der Waals surface area (Å²) in [5.41, 5.74) is 2.64. The second-order valence-corrected chi connectivity index (χ2v) is 5.44. The van der Waals surface area contributed by atoms with Gasteiger partial charge in [0.25, 0.3) is 0 Å². The summed E-state index contributed by atoms with van der Waals surface area (Å²) in [6.45, 7) is 2.59. The topological polar surface area (TPSA) is 15.3 Å². The Hall–Kier alpha value is -1.09. The van der Waals surface area contributed by atoms with Crippen LogP contribution in [-0.4, -0.2) is 25.8 Å². The Kier molecular flexibility index (Phi) is 3.50. The molecule has 3 rings (SSSR count). The SMILES string of the molecule is FCCCN1CC(C2CC2)NCc2ccccc21. The number of rotatable bonds is 4. The van der Waals surface area contributed by atoms with E-state index in [-0.39, 0.29) is 6.67 Å². The Morgan fingerprint density at radius 2 is 2.11 bits per heavy atom. The number of hydrogen-bond donors (Lipinski definition) is 1. The van der Waals surface area contributed by atoms with Crippen molar-refractivity contribution in [3.63, 3.8) is 0 Å². The van der Waals surface area contributed by atoms with Crippen LogP contribution in [0.15, 0.2) is 24.3 Å². The van der Waals surface area contributed by atoms with E-state index in [2.05, 4.69) is 34.5 Å². The van der Waals surface area contributed by atoms with Gasteiger partial charge in [-0.15, -0.1) is 0 Å². The number of nitrogens with zero attached hydrogens (tertiary/aromatic N) is 1. The molecule has 1 unspecified atom stereocenters. The van der Waals surface area contributed by atoms with Gasteiger partial charge in [-0.2, -0.15) is 0 Å². The van der Waals surface area contributed by atoms with Gasteiger partial charge in [0.1, 0.15) is 0 Å². The van der Waals surface area contributed by atoms with E-state index in [1.165, 1.54) is 24.1 Å². The van der Waals surface area contributed by atoms with Crippen LogP contribution in [0.4, 0.5) is 10.1 Å². The number of benzene rings is 1. The molecule has 1 aromatic carbocycles. The van der Waals surface area contributed by atoms with E-state index in [1.54, 1.807) is 0 Å². The van der Waals surface area contributed by atoms with Crippen molar-refractivity contribution < 1.29 is 4.39 Å². The number of halogens is 1. The summed E-state index contributed by atoms with van der Waals surface area (Å²) in [6, 6.07) is 9.10. The molecular formula is C15H21FN2. The molecule has 0 radical (unpaired) electrons. The van der Waals surface area contributed by atoms with Crippen LogP contribution in [0.2, 0.25) is 0 Å². The molecule has 1 saturated carbocycles. The van der Waals surface area contributed by atoms with Gasteiger partial charge in [-0.25, -0.2) is 0 Å². The standard InChI is InChI=1S/C15H21FN2/c16-8-3-9-18-11-14(12-6-7-12)17-10-13-4-1-2-5-15(13)18/h1-2,4-5,12,14,17H,3,6-11H2. The van der Waals surface area contributed by atoms with E-state index in [4.69, 9.17) is 0 Å². The first-order valence-corrected chi connectivity index (χ1v) is 7.00. The lowest BCUT2D eigenvalue weighted by atomic mass is 10.1. The maximum absolute atomic E-state index is 12.5. The van der Waals surface area contributed by atoms with Crippen molar-refractivity contribution in [1.82, 2.24) is 5.32 Å². The van der Waals surface area contributed by atoms with Crippen LogP contribution in [0, 0.1) is 5.92 Å². The van der Waals surface area contributed by atoms with Crippen molar-refractivity contribution in [1.29, 1.82) is 0 Å². The minimum absolute atomic E-state index is 0.222. The molecule has 1 heterocycles. The van der Waals surface area contributed by atoms with Crippen molar-refractivity contribution in [2.45, 2.75) is 31.8 Å². The Bertz CT molecular complexity index is 403. The Morgan fingerprint density at radius 1 is 1.28 bits per heavy atom. The average Bonchev–Trinajstić information content (AvgIpc) is 3.23. The lowest BCUT2D eigenvalue weighted by Crippen LogP contribution is -2.40. The van der Waals surface area contributed by atoms with Crippen LogP contribution in [0.25, 0.3) is 0 Å². The molecule has 0 bridgehead atoms. The second kappa shape index (κ2) is 5.27. The molecule has 1 aliphatic carbocycles. The fourth-order valence-electron chi connectivity index (χ4n) is 2.89. The van der Waals surface area contributed by atoms with Crippen LogP contribution in [-0.2, 0) is 6.54 Å². The summed E-state index contributed by atoms with van der Waals surface area (Å²) in [6.07, 6.45) is 3.33. The fourth-order valence-corrected chi connectivity index (χ4v) is 2.89. The normalized spacial score (nSPS) is 23.6. The Labute approximate surface area is 108 Å². The minimum atomic E-state index is -0.222. The molecule has 2 nitrogen and oxygen atoms in total. The molecule has 1 fully saturated rings. The van der Waals surface area contributed by atoms with Gasteiger partial charge in [0.05, 0.1) is 6.67 Å². The Morgan fingerprint density at radius 3 is 2.89 bits per heavy atom. The number of anilines is 1. The lowest BCUT2D eigenvalue weighted by Gasteiger charge is -2.27. The van der Waals surface area contributed by atoms with Crippen molar-refractivity contribution >= 4 is 5.69 Å². The van der Waals surface area contributed by atoms with Gasteiger partial charge < -0.3 is 10.2 Å². The fraction of sp³-hybridized carbons (Fsp3) is 0.600. The smallest absolute Gasteiger partial charge is 0.0911 e.